The lowest BCUT2D eigenvalue weighted by molar-refractivity contribution is -0.127. The van der Waals surface area contributed by atoms with Crippen molar-refractivity contribution in [3.05, 3.63) is 56.6 Å². The summed E-state index contributed by atoms with van der Waals surface area (Å²) < 4.78 is 11.4. The van der Waals surface area contributed by atoms with Crippen molar-refractivity contribution in [1.82, 2.24) is 10.6 Å². The molecule has 3 rings (SSSR count). The van der Waals surface area contributed by atoms with E-state index < -0.39 is 0 Å². The third-order valence-corrected chi connectivity index (χ3v) is 7.34. The van der Waals surface area contributed by atoms with Gasteiger partial charge in [-0.25, -0.2) is 0 Å². The molecule has 0 unspecified atom stereocenters. The third-order valence-electron chi connectivity index (χ3n) is 6.52. The number of rotatable bonds is 8. The topological polar surface area (TPSA) is 76.7 Å². The minimum absolute atomic E-state index is 0.0998. The highest BCUT2D eigenvalue weighted by atomic mass is 35.5. The van der Waals surface area contributed by atoms with E-state index in [1.807, 2.05) is 27.7 Å². The zero-order valence-corrected chi connectivity index (χ0v) is 21.6. The average molecular weight is 507 g/mol. The molecule has 1 fully saturated rings. The van der Waals surface area contributed by atoms with Crippen molar-refractivity contribution in [2.45, 2.75) is 65.5 Å². The molecule has 0 bridgehead atoms. The number of amides is 2. The summed E-state index contributed by atoms with van der Waals surface area (Å²) in [6, 6.07) is 6.76. The number of hydrogen-bond acceptors (Lipinski definition) is 4. The second kappa shape index (κ2) is 11.8. The lowest BCUT2D eigenvalue weighted by Crippen LogP contribution is -2.54. The molecule has 1 saturated carbocycles. The highest BCUT2D eigenvalue weighted by Crippen LogP contribution is 2.28. The Labute approximate surface area is 211 Å². The molecule has 2 N–H and O–H groups in total. The molecule has 0 spiro atoms. The van der Waals surface area contributed by atoms with Crippen molar-refractivity contribution in [2.75, 3.05) is 13.2 Å². The van der Waals surface area contributed by atoms with E-state index in [1.165, 1.54) is 0 Å². The Morgan fingerprint density at radius 2 is 1.12 bits per heavy atom. The second-order valence-electron chi connectivity index (χ2n) is 8.80. The molecule has 2 atom stereocenters. The lowest BCUT2D eigenvalue weighted by atomic mass is 9.90. The van der Waals surface area contributed by atoms with Crippen LogP contribution in [0.5, 0.6) is 11.5 Å². The van der Waals surface area contributed by atoms with Gasteiger partial charge in [0.25, 0.3) is 11.8 Å². The standard InChI is InChI=1S/C26H32Cl2N2O4/c1-15-17(3)23(11-9-19(15)27)33-13-25(31)29-21-7-5-6-8-22(21)30-26(32)14-34-24-12-10-20(28)16(2)18(24)4/h9-12,21-22H,5-8,13-14H2,1-4H3,(H,29,31)(H,30,32)/t21-,22+. The number of ether oxygens (including phenoxy) is 2. The molecule has 0 aromatic heterocycles. The number of benzene rings is 2. The molecule has 6 nitrogen and oxygen atoms in total. The first-order valence-corrected chi connectivity index (χ1v) is 12.3. The van der Waals surface area contributed by atoms with Crippen molar-refractivity contribution >= 4 is 35.0 Å². The van der Waals surface area contributed by atoms with Crippen molar-refractivity contribution in [3.63, 3.8) is 0 Å². The number of halogens is 2. The Bertz CT molecular complexity index is 974. The van der Waals surface area contributed by atoms with Gasteiger partial charge in [0.2, 0.25) is 0 Å². The van der Waals surface area contributed by atoms with Gasteiger partial charge in [0, 0.05) is 22.1 Å². The maximum Gasteiger partial charge on any atom is 0.258 e. The molecule has 184 valence electrons. The van der Waals surface area contributed by atoms with E-state index in [-0.39, 0.29) is 37.1 Å². The number of nitrogens with one attached hydrogen (secondary N) is 2. The molecule has 1 aliphatic rings. The van der Waals surface area contributed by atoms with Crippen LogP contribution in [0.15, 0.2) is 24.3 Å². The zero-order valence-electron chi connectivity index (χ0n) is 20.1. The Kier molecular flexibility index (Phi) is 9.09. The van der Waals surface area contributed by atoms with Gasteiger partial charge in [0.15, 0.2) is 13.2 Å². The van der Waals surface area contributed by atoms with Crippen molar-refractivity contribution in [1.29, 1.82) is 0 Å². The maximum atomic E-state index is 12.6. The number of hydrogen-bond donors (Lipinski definition) is 2. The van der Waals surface area contributed by atoms with Gasteiger partial charge in [-0.15, -0.1) is 0 Å². The predicted octanol–water partition coefficient (Wildman–Crippen LogP) is 5.23. The van der Waals surface area contributed by atoms with Crippen LogP contribution in [0.1, 0.15) is 47.9 Å². The minimum atomic E-state index is -0.221. The first kappa shape index (κ1) is 26.2. The molecule has 2 aromatic rings. The smallest absolute Gasteiger partial charge is 0.258 e. The zero-order chi connectivity index (χ0) is 24.8. The molecule has 0 saturated heterocycles. The van der Waals surface area contributed by atoms with Crippen molar-refractivity contribution in [2.24, 2.45) is 0 Å². The quantitative estimate of drug-likeness (QED) is 0.513. The SMILES string of the molecule is Cc1c(Cl)ccc(OCC(=O)N[C@H]2CCCC[C@H]2NC(=O)COc2ccc(Cl)c(C)c2C)c1C. The Hall–Kier alpha value is -2.44. The van der Waals surface area contributed by atoms with E-state index in [0.29, 0.717) is 21.5 Å². The maximum absolute atomic E-state index is 12.6. The fourth-order valence-electron chi connectivity index (χ4n) is 4.10. The van der Waals surface area contributed by atoms with Crippen LogP contribution < -0.4 is 20.1 Å². The van der Waals surface area contributed by atoms with Gasteiger partial charge >= 0.3 is 0 Å². The summed E-state index contributed by atoms with van der Waals surface area (Å²) in [4.78, 5) is 25.2. The molecule has 2 aromatic carbocycles. The fraction of sp³-hybridized carbons (Fsp3) is 0.462. The van der Waals surface area contributed by atoms with E-state index >= 15 is 0 Å². The summed E-state index contributed by atoms with van der Waals surface area (Å²) in [7, 11) is 0. The minimum Gasteiger partial charge on any atom is -0.483 e. The van der Waals surface area contributed by atoms with E-state index in [2.05, 4.69) is 10.6 Å². The molecule has 1 aliphatic carbocycles. The Morgan fingerprint density at radius 1 is 0.735 bits per heavy atom. The second-order valence-corrected chi connectivity index (χ2v) is 9.62. The van der Waals surface area contributed by atoms with Crippen molar-refractivity contribution in [3.8, 4) is 11.5 Å². The third kappa shape index (κ3) is 6.57. The molecule has 0 aliphatic heterocycles. The van der Waals surface area contributed by atoms with Crippen LogP contribution in [0.4, 0.5) is 0 Å². The average Bonchev–Trinajstić information content (AvgIpc) is 2.81. The van der Waals surface area contributed by atoms with E-state index in [9.17, 15) is 9.59 Å². The summed E-state index contributed by atoms with van der Waals surface area (Å²) in [6.07, 6.45) is 3.58. The van der Waals surface area contributed by atoms with Gasteiger partial charge in [-0.05, 0) is 87.1 Å². The van der Waals surface area contributed by atoms with Gasteiger partial charge < -0.3 is 20.1 Å². The highest BCUT2D eigenvalue weighted by Gasteiger charge is 2.28. The van der Waals surface area contributed by atoms with E-state index in [4.69, 9.17) is 32.7 Å². The van der Waals surface area contributed by atoms with Gasteiger partial charge in [0.1, 0.15) is 11.5 Å². The van der Waals surface area contributed by atoms with Gasteiger partial charge in [-0.2, -0.15) is 0 Å². The summed E-state index contributed by atoms with van der Waals surface area (Å²) >= 11 is 12.3. The molecule has 8 heteroatoms. The largest absolute Gasteiger partial charge is 0.483 e. The fourth-order valence-corrected chi connectivity index (χ4v) is 4.51. The molecular weight excluding hydrogens is 475 g/mol. The summed E-state index contributed by atoms with van der Waals surface area (Å²) in [5, 5.41) is 7.39. The Balaban J connectivity index is 1.51. The van der Waals surface area contributed by atoms with Crippen molar-refractivity contribution < 1.29 is 19.1 Å². The first-order valence-electron chi connectivity index (χ1n) is 11.5. The van der Waals surface area contributed by atoms with Gasteiger partial charge in [-0.1, -0.05) is 36.0 Å². The summed E-state index contributed by atoms with van der Waals surface area (Å²) in [5.74, 6) is 0.828. The van der Waals surface area contributed by atoms with Crippen LogP contribution in [-0.2, 0) is 9.59 Å². The Morgan fingerprint density at radius 3 is 1.50 bits per heavy atom. The van der Waals surface area contributed by atoms with Crippen LogP contribution in [0.25, 0.3) is 0 Å². The monoisotopic (exact) mass is 506 g/mol. The molecular formula is C26H32Cl2N2O4. The van der Waals surface area contributed by atoms with Crippen LogP contribution >= 0.6 is 23.2 Å². The molecule has 2 amide bonds. The lowest BCUT2D eigenvalue weighted by Gasteiger charge is -2.32. The molecule has 0 radical (unpaired) electrons. The van der Waals surface area contributed by atoms with Crippen LogP contribution in [0, 0.1) is 27.7 Å². The van der Waals surface area contributed by atoms with Crippen LogP contribution in [0.3, 0.4) is 0 Å². The first-order chi connectivity index (χ1) is 16.2. The summed E-state index contributed by atoms with van der Waals surface area (Å²) in [6.45, 7) is 7.46. The van der Waals surface area contributed by atoms with Gasteiger partial charge in [-0.3, -0.25) is 9.59 Å². The van der Waals surface area contributed by atoms with E-state index in [1.54, 1.807) is 24.3 Å². The van der Waals surface area contributed by atoms with Crippen LogP contribution in [0.2, 0.25) is 10.0 Å². The van der Waals surface area contributed by atoms with Crippen LogP contribution in [-0.4, -0.2) is 37.1 Å². The highest BCUT2D eigenvalue weighted by molar-refractivity contribution is 6.31. The normalized spacial score (nSPS) is 17.7. The number of carbonyl (C=O) groups excluding carboxylic acids is 2. The molecule has 34 heavy (non-hydrogen) atoms. The van der Waals surface area contributed by atoms with E-state index in [0.717, 1.165) is 47.9 Å². The molecule has 0 heterocycles. The number of carbonyl (C=O) groups is 2. The summed E-state index contributed by atoms with van der Waals surface area (Å²) in [5.41, 5.74) is 3.69. The van der Waals surface area contributed by atoms with Gasteiger partial charge in [0.05, 0.1) is 0 Å². The predicted molar refractivity (Wildman–Crippen MR) is 135 cm³/mol.